The summed E-state index contributed by atoms with van der Waals surface area (Å²) in [5.74, 6) is 1.03. The molecule has 3 amide bonds. The maximum atomic E-state index is 13.1. The van der Waals surface area contributed by atoms with Crippen LogP contribution in [0.25, 0.3) is 0 Å². The molecule has 0 saturated carbocycles. The molecule has 1 saturated heterocycles. The van der Waals surface area contributed by atoms with Crippen LogP contribution in [-0.2, 0) is 4.79 Å². The standard InChI is InChI=1S/C20H25N5O4/c1-4-29-15-9-6-5-8-14(15)25-13(2)12-24-16-17(21-19(24)25)22(3)20(28)23(18(16)27)10-7-11-26/h5-6,8-9,12,16-17,26H,4,7,10-11H2,1-3H3. The van der Waals surface area contributed by atoms with E-state index in [4.69, 9.17) is 14.8 Å². The number of allylic oxidation sites excluding steroid dienone is 1. The third-order valence-corrected chi connectivity index (χ3v) is 5.33. The van der Waals surface area contributed by atoms with E-state index >= 15 is 0 Å². The minimum atomic E-state index is -0.620. The number of para-hydroxylation sites is 2. The Morgan fingerprint density at radius 3 is 2.72 bits per heavy atom. The van der Waals surface area contributed by atoms with Crippen LogP contribution in [0.5, 0.6) is 5.75 Å². The first kappa shape index (κ1) is 19.3. The van der Waals surface area contributed by atoms with E-state index in [1.54, 1.807) is 7.05 Å². The Morgan fingerprint density at radius 2 is 2.00 bits per heavy atom. The van der Waals surface area contributed by atoms with Crippen LogP contribution in [0.1, 0.15) is 20.3 Å². The summed E-state index contributed by atoms with van der Waals surface area (Å²) >= 11 is 0. The number of hydrogen-bond acceptors (Lipinski definition) is 7. The number of ether oxygens (including phenoxy) is 1. The van der Waals surface area contributed by atoms with Crippen LogP contribution < -0.4 is 9.64 Å². The van der Waals surface area contributed by atoms with Crippen molar-refractivity contribution in [3.05, 3.63) is 36.2 Å². The molecule has 3 aliphatic rings. The third-order valence-electron chi connectivity index (χ3n) is 5.33. The number of fused-ring (bicyclic) bond motifs is 3. The molecule has 9 heteroatoms. The molecule has 9 nitrogen and oxygen atoms in total. The number of likely N-dealkylation sites (N-methyl/N-ethyl adjacent to an activating group) is 1. The number of benzene rings is 1. The van der Waals surface area contributed by atoms with Crippen molar-refractivity contribution in [3.63, 3.8) is 0 Å². The Kier molecular flexibility index (Phi) is 4.91. The molecule has 0 bridgehead atoms. The highest BCUT2D eigenvalue weighted by Crippen LogP contribution is 2.39. The molecule has 2 atom stereocenters. The second-order valence-corrected chi connectivity index (χ2v) is 7.16. The molecule has 0 radical (unpaired) electrons. The lowest BCUT2D eigenvalue weighted by Gasteiger charge is -2.40. The number of guanidine groups is 1. The number of aliphatic hydroxyl groups excluding tert-OH is 1. The van der Waals surface area contributed by atoms with Crippen molar-refractivity contribution >= 4 is 23.6 Å². The Hall–Kier alpha value is -3.07. The van der Waals surface area contributed by atoms with E-state index < -0.39 is 18.2 Å². The molecule has 0 spiro atoms. The SMILES string of the molecule is CCOc1ccccc1N1C(C)=CN2C1=NC1C2C(=O)N(CCCO)C(=O)N1C. The highest BCUT2D eigenvalue weighted by molar-refractivity contribution is 6.10. The Labute approximate surface area is 169 Å². The maximum Gasteiger partial charge on any atom is 0.328 e. The molecule has 1 fully saturated rings. The van der Waals surface area contributed by atoms with E-state index in [0.717, 1.165) is 17.1 Å². The average Bonchev–Trinajstić information content (AvgIpc) is 3.22. The maximum absolute atomic E-state index is 13.1. The predicted molar refractivity (Wildman–Crippen MR) is 107 cm³/mol. The summed E-state index contributed by atoms with van der Waals surface area (Å²) in [6.45, 7) is 4.51. The smallest absolute Gasteiger partial charge is 0.328 e. The van der Waals surface area contributed by atoms with Crippen LogP contribution in [-0.4, -0.2) is 76.7 Å². The molecule has 3 aliphatic heterocycles. The normalized spacial score (nSPS) is 23.3. The molecular weight excluding hydrogens is 374 g/mol. The molecular formula is C20H25N5O4. The van der Waals surface area contributed by atoms with Gasteiger partial charge in [0.2, 0.25) is 5.96 Å². The number of carbonyl (C=O) groups is 2. The van der Waals surface area contributed by atoms with E-state index in [9.17, 15) is 9.59 Å². The molecule has 154 valence electrons. The van der Waals surface area contributed by atoms with Gasteiger partial charge in [-0.25, -0.2) is 9.79 Å². The van der Waals surface area contributed by atoms with Crippen LogP contribution in [0.15, 0.2) is 41.2 Å². The topological polar surface area (TPSA) is 88.9 Å². The van der Waals surface area contributed by atoms with E-state index in [0.29, 0.717) is 19.0 Å². The quantitative estimate of drug-likeness (QED) is 0.778. The Morgan fingerprint density at radius 1 is 1.24 bits per heavy atom. The van der Waals surface area contributed by atoms with Crippen molar-refractivity contribution in [2.24, 2.45) is 4.99 Å². The van der Waals surface area contributed by atoms with Gasteiger partial charge in [0.05, 0.1) is 12.3 Å². The van der Waals surface area contributed by atoms with E-state index in [2.05, 4.69) is 0 Å². The van der Waals surface area contributed by atoms with Gasteiger partial charge in [0, 0.05) is 32.1 Å². The van der Waals surface area contributed by atoms with Gasteiger partial charge < -0.3 is 19.6 Å². The molecule has 1 aromatic rings. The number of hydrogen-bond donors (Lipinski definition) is 1. The fourth-order valence-corrected chi connectivity index (χ4v) is 4.01. The van der Waals surface area contributed by atoms with Crippen LogP contribution in [0.4, 0.5) is 10.5 Å². The number of imide groups is 1. The summed E-state index contributed by atoms with van der Waals surface area (Å²) in [4.78, 5) is 37.0. The van der Waals surface area contributed by atoms with Crippen LogP contribution in [0.2, 0.25) is 0 Å². The summed E-state index contributed by atoms with van der Waals surface area (Å²) in [6.07, 6.45) is 1.64. The molecule has 0 aromatic heterocycles. The minimum Gasteiger partial charge on any atom is -0.492 e. The van der Waals surface area contributed by atoms with Gasteiger partial charge >= 0.3 is 6.03 Å². The summed E-state index contributed by atoms with van der Waals surface area (Å²) in [7, 11) is 1.65. The fourth-order valence-electron chi connectivity index (χ4n) is 4.01. The van der Waals surface area contributed by atoms with Crippen LogP contribution in [0, 0.1) is 0 Å². The second-order valence-electron chi connectivity index (χ2n) is 7.16. The number of carbonyl (C=O) groups excluding carboxylic acids is 2. The summed E-state index contributed by atoms with van der Waals surface area (Å²) in [5.41, 5.74) is 1.74. The van der Waals surface area contributed by atoms with Gasteiger partial charge in [0.25, 0.3) is 5.91 Å². The number of aliphatic imine (C=N–C) groups is 1. The third kappa shape index (κ3) is 2.93. The summed E-state index contributed by atoms with van der Waals surface area (Å²) < 4.78 is 5.78. The number of aliphatic hydroxyl groups is 1. The van der Waals surface area contributed by atoms with E-state index in [1.165, 1.54) is 9.80 Å². The van der Waals surface area contributed by atoms with Gasteiger partial charge in [0.1, 0.15) is 5.75 Å². The lowest BCUT2D eigenvalue weighted by Crippen LogP contribution is -2.64. The zero-order valence-corrected chi connectivity index (χ0v) is 16.8. The predicted octanol–water partition coefficient (Wildman–Crippen LogP) is 1.41. The molecule has 1 N–H and O–H groups in total. The second kappa shape index (κ2) is 7.40. The molecule has 0 aliphatic carbocycles. The van der Waals surface area contributed by atoms with Gasteiger partial charge in [0.15, 0.2) is 12.2 Å². The van der Waals surface area contributed by atoms with Crippen LogP contribution in [0.3, 0.4) is 0 Å². The molecule has 2 unspecified atom stereocenters. The van der Waals surface area contributed by atoms with Crippen molar-refractivity contribution in [1.82, 2.24) is 14.7 Å². The van der Waals surface area contributed by atoms with Gasteiger partial charge in [-0.3, -0.25) is 14.6 Å². The fraction of sp³-hybridized carbons (Fsp3) is 0.450. The first-order chi connectivity index (χ1) is 14.0. The first-order valence-corrected chi connectivity index (χ1v) is 9.75. The summed E-state index contributed by atoms with van der Waals surface area (Å²) in [6, 6.07) is 6.67. The monoisotopic (exact) mass is 399 g/mol. The minimum absolute atomic E-state index is 0.0820. The first-order valence-electron chi connectivity index (χ1n) is 9.75. The number of amides is 3. The molecule has 4 rings (SSSR count). The Balaban J connectivity index is 1.70. The number of nitrogens with zero attached hydrogens (tertiary/aromatic N) is 5. The zero-order chi connectivity index (χ0) is 20.7. The van der Waals surface area contributed by atoms with Crippen LogP contribution >= 0.6 is 0 Å². The van der Waals surface area contributed by atoms with Crippen molar-refractivity contribution in [3.8, 4) is 5.75 Å². The van der Waals surface area contributed by atoms with E-state index in [-0.39, 0.29) is 19.1 Å². The van der Waals surface area contributed by atoms with Crippen molar-refractivity contribution in [2.75, 3.05) is 31.7 Å². The lowest BCUT2D eigenvalue weighted by atomic mass is 10.1. The van der Waals surface area contributed by atoms with Crippen molar-refractivity contribution < 1.29 is 19.4 Å². The molecule has 1 aromatic carbocycles. The van der Waals surface area contributed by atoms with Crippen molar-refractivity contribution in [1.29, 1.82) is 0 Å². The number of anilines is 1. The summed E-state index contributed by atoms with van der Waals surface area (Å²) in [5, 5.41) is 9.11. The zero-order valence-electron chi connectivity index (χ0n) is 16.8. The van der Waals surface area contributed by atoms with Gasteiger partial charge in [-0.15, -0.1) is 0 Å². The largest absolute Gasteiger partial charge is 0.492 e. The average molecular weight is 399 g/mol. The lowest BCUT2D eigenvalue weighted by molar-refractivity contribution is -0.136. The van der Waals surface area contributed by atoms with Gasteiger partial charge in [-0.05, 0) is 32.4 Å². The highest BCUT2D eigenvalue weighted by atomic mass is 16.5. The van der Waals surface area contributed by atoms with E-state index in [1.807, 2.05) is 54.1 Å². The Bertz CT molecular complexity index is 899. The highest BCUT2D eigenvalue weighted by Gasteiger charge is 2.54. The molecule has 3 heterocycles. The molecule has 29 heavy (non-hydrogen) atoms. The van der Waals surface area contributed by atoms with Gasteiger partial charge in [-0.2, -0.15) is 0 Å². The number of urea groups is 1. The van der Waals surface area contributed by atoms with Crippen molar-refractivity contribution in [2.45, 2.75) is 32.5 Å². The van der Waals surface area contributed by atoms with Gasteiger partial charge in [-0.1, -0.05) is 12.1 Å². The number of rotatable bonds is 6.